The lowest BCUT2D eigenvalue weighted by atomic mass is 10.0. The van der Waals surface area contributed by atoms with Crippen molar-refractivity contribution in [2.75, 3.05) is 13.6 Å². The van der Waals surface area contributed by atoms with E-state index in [0.717, 1.165) is 16.7 Å². The second-order valence-corrected chi connectivity index (χ2v) is 6.23. The number of nitrogens with zero attached hydrogens (tertiary/aromatic N) is 4. The van der Waals surface area contributed by atoms with E-state index in [1.807, 2.05) is 32.0 Å². The largest absolute Gasteiger partial charge is 0.348 e. The summed E-state index contributed by atoms with van der Waals surface area (Å²) in [6.07, 6.45) is 0. The molecule has 3 rings (SSSR count). The molecular formula is C17H22N6O2. The van der Waals surface area contributed by atoms with E-state index >= 15 is 0 Å². The Morgan fingerprint density at radius 2 is 2.04 bits per heavy atom. The van der Waals surface area contributed by atoms with Gasteiger partial charge in [0, 0.05) is 26.7 Å². The summed E-state index contributed by atoms with van der Waals surface area (Å²) in [5.41, 5.74) is 3.48. The normalized spacial score (nSPS) is 13.2. The number of fused-ring (bicyclic) bond motifs is 1. The number of amides is 3. The molecule has 2 heterocycles. The quantitative estimate of drug-likeness (QED) is 0.866. The van der Waals surface area contributed by atoms with Gasteiger partial charge in [-0.2, -0.15) is 0 Å². The summed E-state index contributed by atoms with van der Waals surface area (Å²) in [5, 5.41) is 13.5. The van der Waals surface area contributed by atoms with E-state index in [4.69, 9.17) is 0 Å². The van der Waals surface area contributed by atoms with E-state index in [1.54, 1.807) is 16.5 Å². The molecule has 0 saturated heterocycles. The number of carbonyl (C=O) groups excluding carboxylic acids is 2. The highest BCUT2D eigenvalue weighted by molar-refractivity contribution is 5.91. The van der Waals surface area contributed by atoms with Crippen molar-refractivity contribution in [3.63, 3.8) is 0 Å². The third-order valence-corrected chi connectivity index (χ3v) is 4.44. The summed E-state index contributed by atoms with van der Waals surface area (Å²) in [6, 6.07) is 5.91. The van der Waals surface area contributed by atoms with Crippen molar-refractivity contribution in [1.82, 2.24) is 30.3 Å². The fraction of sp³-hybridized carbons (Fsp3) is 0.412. The number of nitrogens with one attached hydrogen (secondary N) is 2. The minimum Gasteiger partial charge on any atom is -0.348 e. The number of aromatic nitrogens is 3. The van der Waals surface area contributed by atoms with Crippen LogP contribution in [0.1, 0.15) is 33.1 Å². The van der Waals surface area contributed by atoms with Crippen LogP contribution in [0.5, 0.6) is 0 Å². The first-order chi connectivity index (χ1) is 12.0. The maximum atomic E-state index is 12.4. The molecule has 2 N–H and O–H groups in total. The lowest BCUT2D eigenvalue weighted by Gasteiger charge is -2.21. The molecule has 0 radical (unpaired) electrons. The predicted molar refractivity (Wildman–Crippen MR) is 92.0 cm³/mol. The van der Waals surface area contributed by atoms with Gasteiger partial charge in [0.25, 0.3) is 5.91 Å². The van der Waals surface area contributed by atoms with Crippen molar-refractivity contribution in [2.45, 2.75) is 33.5 Å². The fourth-order valence-electron chi connectivity index (χ4n) is 2.93. The zero-order chi connectivity index (χ0) is 18.0. The Morgan fingerprint density at radius 3 is 2.76 bits per heavy atom. The first-order valence-electron chi connectivity index (χ1n) is 8.21. The van der Waals surface area contributed by atoms with Crippen LogP contribution in [-0.2, 0) is 19.6 Å². The molecule has 25 heavy (non-hydrogen) atoms. The van der Waals surface area contributed by atoms with Gasteiger partial charge < -0.3 is 20.1 Å². The fourth-order valence-corrected chi connectivity index (χ4v) is 2.93. The third-order valence-electron chi connectivity index (χ3n) is 4.44. The van der Waals surface area contributed by atoms with Crippen LogP contribution < -0.4 is 10.6 Å². The number of hydrogen-bond donors (Lipinski definition) is 2. The number of urea groups is 1. The summed E-state index contributed by atoms with van der Waals surface area (Å²) in [6.45, 7) is 6.00. The molecule has 8 nitrogen and oxygen atoms in total. The van der Waals surface area contributed by atoms with Crippen LogP contribution >= 0.6 is 0 Å². The second kappa shape index (κ2) is 6.92. The summed E-state index contributed by atoms with van der Waals surface area (Å²) < 4.78 is 1.74. The maximum absolute atomic E-state index is 12.4. The van der Waals surface area contributed by atoms with E-state index in [-0.39, 0.29) is 18.5 Å². The molecule has 1 aromatic heterocycles. The molecule has 3 amide bonds. The lowest BCUT2D eigenvalue weighted by molar-refractivity contribution is 0.0921. The van der Waals surface area contributed by atoms with Gasteiger partial charge in [0.2, 0.25) is 5.82 Å². The Labute approximate surface area is 146 Å². The van der Waals surface area contributed by atoms with Crippen molar-refractivity contribution in [2.24, 2.45) is 0 Å². The number of aryl methyl sites for hydroxylation is 2. The van der Waals surface area contributed by atoms with Gasteiger partial charge in [-0.15, -0.1) is 10.2 Å². The van der Waals surface area contributed by atoms with Gasteiger partial charge >= 0.3 is 6.03 Å². The Bertz CT molecular complexity index is 793. The molecule has 0 spiro atoms. The molecule has 0 unspecified atom stereocenters. The molecule has 0 saturated carbocycles. The van der Waals surface area contributed by atoms with Gasteiger partial charge in [-0.1, -0.05) is 18.2 Å². The first kappa shape index (κ1) is 16.9. The van der Waals surface area contributed by atoms with Gasteiger partial charge in [-0.3, -0.25) is 4.79 Å². The van der Waals surface area contributed by atoms with Crippen molar-refractivity contribution in [3.8, 4) is 0 Å². The van der Waals surface area contributed by atoms with Crippen LogP contribution in [0.2, 0.25) is 0 Å². The lowest BCUT2D eigenvalue weighted by Crippen LogP contribution is -2.39. The first-order valence-corrected chi connectivity index (χ1v) is 8.21. The zero-order valence-corrected chi connectivity index (χ0v) is 14.7. The van der Waals surface area contributed by atoms with E-state index in [0.29, 0.717) is 31.3 Å². The minimum absolute atomic E-state index is 0.194. The average molecular weight is 342 g/mol. The van der Waals surface area contributed by atoms with Gasteiger partial charge in [-0.25, -0.2) is 4.79 Å². The van der Waals surface area contributed by atoms with E-state index in [9.17, 15) is 9.59 Å². The zero-order valence-electron chi connectivity index (χ0n) is 14.7. The monoisotopic (exact) mass is 342 g/mol. The average Bonchev–Trinajstić information content (AvgIpc) is 3.00. The molecule has 1 aliphatic rings. The highest BCUT2D eigenvalue weighted by Crippen LogP contribution is 2.15. The highest BCUT2D eigenvalue weighted by Gasteiger charge is 2.22. The SMILES string of the molecule is Cc1cccc(C)c1CN(C)C(=O)NCc1nnc2n1CCNC2=O. The van der Waals surface area contributed by atoms with Crippen molar-refractivity contribution < 1.29 is 9.59 Å². The maximum Gasteiger partial charge on any atom is 0.317 e. The van der Waals surface area contributed by atoms with Crippen LogP contribution in [0.4, 0.5) is 4.79 Å². The molecule has 2 aromatic rings. The summed E-state index contributed by atoms with van der Waals surface area (Å²) in [5.74, 6) is 0.640. The molecule has 0 fully saturated rings. The van der Waals surface area contributed by atoms with Crippen LogP contribution in [0, 0.1) is 13.8 Å². The van der Waals surface area contributed by atoms with Crippen LogP contribution in [0.25, 0.3) is 0 Å². The smallest absolute Gasteiger partial charge is 0.317 e. The summed E-state index contributed by atoms with van der Waals surface area (Å²) in [7, 11) is 1.76. The molecule has 0 aliphatic carbocycles. The molecular weight excluding hydrogens is 320 g/mol. The number of benzene rings is 1. The Balaban J connectivity index is 1.62. The molecule has 8 heteroatoms. The number of hydrogen-bond acceptors (Lipinski definition) is 4. The Hall–Kier alpha value is -2.90. The molecule has 1 aromatic carbocycles. The van der Waals surface area contributed by atoms with E-state index in [2.05, 4.69) is 20.8 Å². The van der Waals surface area contributed by atoms with E-state index < -0.39 is 0 Å². The van der Waals surface area contributed by atoms with Crippen LogP contribution in [0.15, 0.2) is 18.2 Å². The standard InChI is InChI=1S/C17H22N6O2/c1-11-5-4-6-12(2)13(11)10-22(3)17(25)19-9-14-20-21-15-16(24)18-7-8-23(14)15/h4-6H,7-10H2,1-3H3,(H,18,24)(H,19,25). The second-order valence-electron chi connectivity index (χ2n) is 6.23. The summed E-state index contributed by atoms with van der Waals surface area (Å²) in [4.78, 5) is 25.7. The van der Waals surface area contributed by atoms with Crippen molar-refractivity contribution >= 4 is 11.9 Å². The molecule has 132 valence electrons. The topological polar surface area (TPSA) is 92.2 Å². The predicted octanol–water partition coefficient (Wildman–Crippen LogP) is 0.980. The van der Waals surface area contributed by atoms with E-state index in [1.165, 1.54) is 0 Å². The van der Waals surface area contributed by atoms with Gasteiger partial charge in [0.1, 0.15) is 0 Å². The molecule has 0 bridgehead atoms. The highest BCUT2D eigenvalue weighted by atomic mass is 16.2. The molecule has 0 atom stereocenters. The van der Waals surface area contributed by atoms with Crippen molar-refractivity contribution in [1.29, 1.82) is 0 Å². The van der Waals surface area contributed by atoms with Crippen LogP contribution in [0.3, 0.4) is 0 Å². The molecule has 1 aliphatic heterocycles. The Morgan fingerprint density at radius 1 is 1.32 bits per heavy atom. The summed E-state index contributed by atoms with van der Waals surface area (Å²) >= 11 is 0. The minimum atomic E-state index is -0.233. The number of rotatable bonds is 4. The van der Waals surface area contributed by atoms with Crippen molar-refractivity contribution in [3.05, 3.63) is 46.5 Å². The van der Waals surface area contributed by atoms with Gasteiger partial charge in [0.05, 0.1) is 6.54 Å². The van der Waals surface area contributed by atoms with Gasteiger partial charge in [0.15, 0.2) is 5.82 Å². The third kappa shape index (κ3) is 3.47. The Kier molecular flexibility index (Phi) is 4.69. The number of carbonyl (C=O) groups is 2. The van der Waals surface area contributed by atoms with Crippen LogP contribution in [-0.4, -0.2) is 45.2 Å². The van der Waals surface area contributed by atoms with Gasteiger partial charge in [-0.05, 0) is 30.5 Å².